The van der Waals surface area contributed by atoms with E-state index in [2.05, 4.69) is 47.6 Å². The normalized spacial score (nSPS) is 44.8. The van der Waals surface area contributed by atoms with Gasteiger partial charge in [0.05, 0.1) is 6.10 Å². The van der Waals surface area contributed by atoms with Crippen LogP contribution in [-0.2, 0) is 0 Å². The zero-order valence-electron chi connectivity index (χ0n) is 20.3. The van der Waals surface area contributed by atoms with Gasteiger partial charge in [-0.05, 0) is 116 Å². The fourth-order valence-electron chi connectivity index (χ4n) is 9.00. The van der Waals surface area contributed by atoms with Crippen molar-refractivity contribution in [2.45, 2.75) is 118 Å². The molecule has 0 saturated heterocycles. The molecule has 3 fully saturated rings. The summed E-state index contributed by atoms with van der Waals surface area (Å²) in [6, 6.07) is 0. The van der Waals surface area contributed by atoms with E-state index in [-0.39, 0.29) is 6.10 Å². The van der Waals surface area contributed by atoms with Crippen LogP contribution in [0.2, 0.25) is 0 Å². The average Bonchev–Trinajstić information content (AvgIpc) is 2.96. The Morgan fingerprint density at radius 2 is 1.83 bits per heavy atom. The van der Waals surface area contributed by atoms with Crippen molar-refractivity contribution < 1.29 is 5.11 Å². The molecular formula is C28H48O. The molecule has 3 saturated carbocycles. The van der Waals surface area contributed by atoms with E-state index in [4.69, 9.17) is 0 Å². The van der Waals surface area contributed by atoms with Gasteiger partial charge in [0.25, 0.3) is 0 Å². The average molecular weight is 401 g/mol. The monoisotopic (exact) mass is 400 g/mol. The maximum Gasteiger partial charge on any atom is 0.0577 e. The lowest BCUT2D eigenvalue weighted by Crippen LogP contribution is -2.50. The molecule has 1 heteroatoms. The molecule has 166 valence electrons. The highest BCUT2D eigenvalue weighted by Gasteiger charge is 2.58. The number of aliphatic hydroxyl groups excluding tert-OH is 1. The van der Waals surface area contributed by atoms with Crippen LogP contribution in [0.5, 0.6) is 0 Å². The third kappa shape index (κ3) is 3.88. The van der Waals surface area contributed by atoms with Crippen LogP contribution in [0, 0.1) is 45.8 Å². The molecule has 0 aliphatic heterocycles. The van der Waals surface area contributed by atoms with Gasteiger partial charge in [-0.2, -0.15) is 0 Å². The van der Waals surface area contributed by atoms with E-state index in [9.17, 15) is 5.11 Å². The van der Waals surface area contributed by atoms with Crippen LogP contribution in [-0.4, -0.2) is 11.2 Å². The van der Waals surface area contributed by atoms with Crippen molar-refractivity contribution in [3.63, 3.8) is 0 Å². The predicted molar refractivity (Wildman–Crippen MR) is 124 cm³/mol. The van der Waals surface area contributed by atoms with E-state index in [1.807, 2.05) is 0 Å². The van der Waals surface area contributed by atoms with Crippen molar-refractivity contribution in [3.05, 3.63) is 11.6 Å². The molecule has 0 amide bonds. The van der Waals surface area contributed by atoms with Crippen molar-refractivity contribution in [1.82, 2.24) is 0 Å². The third-order valence-electron chi connectivity index (χ3n) is 10.4. The van der Waals surface area contributed by atoms with Gasteiger partial charge in [0.15, 0.2) is 0 Å². The molecule has 0 unspecified atom stereocenters. The van der Waals surface area contributed by atoms with Gasteiger partial charge in [0.2, 0.25) is 0 Å². The van der Waals surface area contributed by atoms with Crippen LogP contribution in [0.4, 0.5) is 0 Å². The molecule has 4 aliphatic carbocycles. The zero-order valence-corrected chi connectivity index (χ0v) is 20.3. The van der Waals surface area contributed by atoms with Crippen LogP contribution >= 0.6 is 0 Å². The molecule has 0 bridgehead atoms. The first kappa shape index (κ1) is 21.9. The molecule has 0 aromatic heterocycles. The van der Waals surface area contributed by atoms with Crippen molar-refractivity contribution >= 4 is 0 Å². The summed E-state index contributed by atoms with van der Waals surface area (Å²) in [6.07, 6.45) is 17.1. The highest BCUT2D eigenvalue weighted by Crippen LogP contribution is 2.66. The zero-order chi connectivity index (χ0) is 21.0. The maximum absolute atomic E-state index is 10.2. The SMILES string of the molecule is CC(C)CC(C)(C)CC[C@H]1CC[C@H]2[C@@H]3CC=C4C[C@@H](O)CC[C@]4(C)[C@H]3CC[C@]12C. The van der Waals surface area contributed by atoms with Crippen LogP contribution in [0.3, 0.4) is 0 Å². The van der Waals surface area contributed by atoms with Crippen molar-refractivity contribution in [2.24, 2.45) is 45.8 Å². The Morgan fingerprint density at radius 1 is 1.07 bits per heavy atom. The van der Waals surface area contributed by atoms with Gasteiger partial charge in [-0.25, -0.2) is 0 Å². The van der Waals surface area contributed by atoms with Crippen LogP contribution in [0.15, 0.2) is 11.6 Å². The van der Waals surface area contributed by atoms with Gasteiger partial charge in [0.1, 0.15) is 0 Å². The molecular weight excluding hydrogens is 352 g/mol. The standard InChI is InChI=1S/C28H48O/c1-19(2)18-26(3,4)14-11-20-8-10-24-23-9-7-21-17-22(29)12-15-28(21,6)25(23)13-16-27(20,24)5/h7,19-20,22-25,29H,8-18H2,1-6H3/t20-,22+,23+,24+,25+,27-,28+/m1/s1. The summed E-state index contributed by atoms with van der Waals surface area (Å²) in [6.45, 7) is 15.0. The summed E-state index contributed by atoms with van der Waals surface area (Å²) < 4.78 is 0. The lowest BCUT2D eigenvalue weighted by molar-refractivity contribution is -0.0518. The molecule has 0 spiro atoms. The van der Waals surface area contributed by atoms with E-state index in [0.29, 0.717) is 16.2 Å². The number of hydrogen-bond acceptors (Lipinski definition) is 1. The number of fused-ring (bicyclic) bond motifs is 5. The number of hydrogen-bond donors (Lipinski definition) is 1. The Hall–Kier alpha value is -0.300. The largest absolute Gasteiger partial charge is 0.393 e. The molecule has 0 radical (unpaired) electrons. The third-order valence-corrected chi connectivity index (χ3v) is 10.4. The first-order valence-electron chi connectivity index (χ1n) is 12.9. The molecule has 1 nitrogen and oxygen atoms in total. The van der Waals surface area contributed by atoms with Crippen molar-refractivity contribution in [3.8, 4) is 0 Å². The lowest BCUT2D eigenvalue weighted by Gasteiger charge is -2.58. The molecule has 1 N–H and O–H groups in total. The highest BCUT2D eigenvalue weighted by atomic mass is 16.3. The topological polar surface area (TPSA) is 20.2 Å². The molecule has 4 aliphatic rings. The van der Waals surface area contributed by atoms with Gasteiger partial charge in [-0.1, -0.05) is 53.2 Å². The smallest absolute Gasteiger partial charge is 0.0577 e. The summed E-state index contributed by atoms with van der Waals surface area (Å²) >= 11 is 0. The first-order chi connectivity index (χ1) is 13.6. The van der Waals surface area contributed by atoms with E-state index < -0.39 is 0 Å². The molecule has 0 aromatic rings. The lowest BCUT2D eigenvalue weighted by atomic mass is 9.47. The fourth-order valence-corrected chi connectivity index (χ4v) is 9.00. The molecule has 0 aromatic carbocycles. The second-order valence-corrected chi connectivity index (χ2v) is 13.3. The summed E-state index contributed by atoms with van der Waals surface area (Å²) in [5.74, 6) is 4.49. The maximum atomic E-state index is 10.2. The number of rotatable bonds is 5. The summed E-state index contributed by atoms with van der Waals surface area (Å²) in [4.78, 5) is 0. The van der Waals surface area contributed by atoms with E-state index in [0.717, 1.165) is 42.4 Å². The van der Waals surface area contributed by atoms with Gasteiger partial charge in [-0.3, -0.25) is 0 Å². The number of allylic oxidation sites excluding steroid dienone is 1. The van der Waals surface area contributed by atoms with Gasteiger partial charge in [-0.15, -0.1) is 0 Å². The molecule has 29 heavy (non-hydrogen) atoms. The Kier molecular flexibility index (Phi) is 5.81. The van der Waals surface area contributed by atoms with Gasteiger partial charge in [0, 0.05) is 0 Å². The Morgan fingerprint density at radius 3 is 2.55 bits per heavy atom. The van der Waals surface area contributed by atoms with E-state index >= 15 is 0 Å². The predicted octanol–water partition coefficient (Wildman–Crippen LogP) is 7.78. The highest BCUT2D eigenvalue weighted by molar-refractivity contribution is 5.25. The van der Waals surface area contributed by atoms with E-state index in [1.54, 1.807) is 5.57 Å². The Balaban J connectivity index is 1.47. The Labute approximate surface area is 181 Å². The molecule has 4 rings (SSSR count). The second-order valence-electron chi connectivity index (χ2n) is 13.3. The minimum absolute atomic E-state index is 0.0789. The van der Waals surface area contributed by atoms with Crippen molar-refractivity contribution in [1.29, 1.82) is 0 Å². The molecule has 0 heterocycles. The fraction of sp³-hybridized carbons (Fsp3) is 0.929. The molecule has 7 atom stereocenters. The van der Waals surface area contributed by atoms with E-state index in [1.165, 1.54) is 57.8 Å². The second kappa shape index (κ2) is 7.68. The Bertz CT molecular complexity index is 630. The van der Waals surface area contributed by atoms with Gasteiger partial charge >= 0.3 is 0 Å². The first-order valence-corrected chi connectivity index (χ1v) is 12.9. The summed E-state index contributed by atoms with van der Waals surface area (Å²) in [7, 11) is 0. The van der Waals surface area contributed by atoms with Crippen LogP contribution in [0.1, 0.15) is 112 Å². The number of aliphatic hydroxyl groups is 1. The summed E-state index contributed by atoms with van der Waals surface area (Å²) in [5.41, 5.74) is 3.09. The van der Waals surface area contributed by atoms with Crippen LogP contribution in [0.25, 0.3) is 0 Å². The summed E-state index contributed by atoms with van der Waals surface area (Å²) in [5, 5.41) is 10.2. The quantitative estimate of drug-likeness (QED) is 0.467. The minimum Gasteiger partial charge on any atom is -0.393 e. The minimum atomic E-state index is -0.0789. The van der Waals surface area contributed by atoms with Crippen LogP contribution < -0.4 is 0 Å². The van der Waals surface area contributed by atoms with Crippen molar-refractivity contribution in [2.75, 3.05) is 0 Å². The van der Waals surface area contributed by atoms with Gasteiger partial charge < -0.3 is 5.11 Å².